The summed E-state index contributed by atoms with van der Waals surface area (Å²) < 4.78 is 0. The monoisotopic (exact) mass is 259 g/mol. The fourth-order valence-electron chi connectivity index (χ4n) is 1.31. The average Bonchev–Trinajstić information content (AvgIpc) is 2.60. The Morgan fingerprint density at radius 3 is 2.53 bits per heavy atom. The zero-order valence-corrected chi connectivity index (χ0v) is 10.8. The molecule has 17 heavy (non-hydrogen) atoms. The second kappa shape index (κ2) is 7.32. The minimum atomic E-state index is -0.516. The first-order chi connectivity index (χ1) is 8.15. The van der Waals surface area contributed by atoms with Crippen LogP contribution >= 0.6 is 11.8 Å². The molecule has 0 radical (unpaired) electrons. The Labute approximate surface area is 105 Å². The molecule has 1 saturated heterocycles. The van der Waals surface area contributed by atoms with Crippen molar-refractivity contribution in [1.29, 1.82) is 0 Å². The van der Waals surface area contributed by atoms with Crippen LogP contribution < -0.4 is 0 Å². The second-order valence-electron chi connectivity index (χ2n) is 3.76. The first kappa shape index (κ1) is 14.0. The van der Waals surface area contributed by atoms with Gasteiger partial charge in [-0.15, -0.1) is 5.06 Å². The van der Waals surface area contributed by atoms with Crippen molar-refractivity contribution >= 4 is 29.5 Å². The number of unbranched alkanes of at least 4 members (excludes halogenated alkanes) is 1. The number of thioether (sulfide) groups is 1. The number of nitrogens with zero attached hydrogens (tertiary/aromatic N) is 1. The highest BCUT2D eigenvalue weighted by molar-refractivity contribution is 7.99. The van der Waals surface area contributed by atoms with Crippen LogP contribution in [0.5, 0.6) is 0 Å². The molecule has 0 bridgehead atoms. The molecule has 2 amide bonds. The van der Waals surface area contributed by atoms with Crippen LogP contribution in [0.15, 0.2) is 0 Å². The summed E-state index contributed by atoms with van der Waals surface area (Å²) in [6, 6.07) is 0. The van der Waals surface area contributed by atoms with Crippen molar-refractivity contribution in [3.8, 4) is 0 Å². The lowest BCUT2D eigenvalue weighted by molar-refractivity contribution is -0.197. The van der Waals surface area contributed by atoms with Crippen molar-refractivity contribution in [2.45, 2.75) is 39.0 Å². The third-order valence-electron chi connectivity index (χ3n) is 2.29. The fraction of sp³-hybridized carbons (Fsp3) is 0.727. The molecular weight excluding hydrogens is 242 g/mol. The molecule has 1 aliphatic heterocycles. The molecule has 5 nitrogen and oxygen atoms in total. The summed E-state index contributed by atoms with van der Waals surface area (Å²) in [4.78, 5) is 38.4. The zero-order chi connectivity index (χ0) is 12.7. The number of imide groups is 1. The normalized spacial score (nSPS) is 15.5. The van der Waals surface area contributed by atoms with Crippen LogP contribution in [0.4, 0.5) is 0 Å². The molecule has 0 unspecified atom stereocenters. The topological polar surface area (TPSA) is 63.7 Å². The van der Waals surface area contributed by atoms with Crippen LogP contribution in [0.1, 0.15) is 39.0 Å². The van der Waals surface area contributed by atoms with Gasteiger partial charge in [0, 0.05) is 18.6 Å². The number of rotatable bonds is 7. The molecule has 0 aromatic rings. The smallest absolute Gasteiger partial charge is 0.330 e. The van der Waals surface area contributed by atoms with E-state index in [0.29, 0.717) is 10.8 Å². The molecule has 0 saturated carbocycles. The number of amides is 2. The number of hydrogen-bond donors (Lipinski definition) is 0. The number of carbonyl (C=O) groups is 3. The van der Waals surface area contributed by atoms with Gasteiger partial charge in [0.05, 0.1) is 6.42 Å². The minimum absolute atomic E-state index is 0.136. The minimum Gasteiger partial charge on any atom is -0.330 e. The Morgan fingerprint density at radius 2 is 1.94 bits per heavy atom. The van der Waals surface area contributed by atoms with Gasteiger partial charge in [0.1, 0.15) is 0 Å². The van der Waals surface area contributed by atoms with E-state index >= 15 is 0 Å². The van der Waals surface area contributed by atoms with Gasteiger partial charge in [-0.3, -0.25) is 9.59 Å². The summed E-state index contributed by atoms with van der Waals surface area (Å²) in [6.07, 6.45) is 2.76. The van der Waals surface area contributed by atoms with E-state index in [1.807, 2.05) is 0 Å². The fourth-order valence-corrected chi connectivity index (χ4v) is 2.32. The Hall–Kier alpha value is -1.04. The van der Waals surface area contributed by atoms with Gasteiger partial charge >= 0.3 is 5.97 Å². The SMILES string of the molecule is CCCCSCCC(=O)ON1C(=O)CCC1=O. The van der Waals surface area contributed by atoms with Crippen molar-refractivity contribution in [3.05, 3.63) is 0 Å². The van der Waals surface area contributed by atoms with Crippen LogP contribution in [-0.4, -0.2) is 34.4 Å². The Kier molecular flexibility index (Phi) is 6.04. The lowest BCUT2D eigenvalue weighted by Gasteiger charge is -2.12. The van der Waals surface area contributed by atoms with Gasteiger partial charge in [0.2, 0.25) is 0 Å². The van der Waals surface area contributed by atoms with E-state index in [1.165, 1.54) is 0 Å². The molecule has 0 aromatic heterocycles. The molecule has 1 heterocycles. The molecule has 0 aliphatic carbocycles. The van der Waals surface area contributed by atoms with Gasteiger partial charge in [-0.05, 0) is 12.2 Å². The summed E-state index contributed by atoms with van der Waals surface area (Å²) in [6.45, 7) is 2.11. The lowest BCUT2D eigenvalue weighted by Crippen LogP contribution is -2.32. The quantitative estimate of drug-likeness (QED) is 0.512. The molecular formula is C11H17NO4S. The summed E-state index contributed by atoms with van der Waals surface area (Å²) in [5.74, 6) is 0.307. The van der Waals surface area contributed by atoms with E-state index in [0.717, 1.165) is 18.6 Å². The third kappa shape index (κ3) is 4.77. The van der Waals surface area contributed by atoms with E-state index in [1.54, 1.807) is 11.8 Å². The molecule has 1 fully saturated rings. The first-order valence-electron chi connectivity index (χ1n) is 5.79. The highest BCUT2D eigenvalue weighted by Gasteiger charge is 2.32. The van der Waals surface area contributed by atoms with Gasteiger partial charge in [-0.2, -0.15) is 11.8 Å². The van der Waals surface area contributed by atoms with Crippen LogP contribution in [0.25, 0.3) is 0 Å². The van der Waals surface area contributed by atoms with Gasteiger partial charge in [-0.1, -0.05) is 13.3 Å². The molecule has 0 aromatic carbocycles. The Bertz CT molecular complexity index is 290. The maximum Gasteiger partial charge on any atom is 0.334 e. The summed E-state index contributed by atoms with van der Waals surface area (Å²) in [5, 5.41) is 0.596. The number of hydroxylamine groups is 2. The molecule has 1 rings (SSSR count). The molecule has 6 heteroatoms. The largest absolute Gasteiger partial charge is 0.334 e. The molecule has 0 spiro atoms. The zero-order valence-electron chi connectivity index (χ0n) is 9.94. The van der Waals surface area contributed by atoms with Crippen molar-refractivity contribution in [2.75, 3.05) is 11.5 Å². The van der Waals surface area contributed by atoms with Crippen molar-refractivity contribution in [3.63, 3.8) is 0 Å². The van der Waals surface area contributed by atoms with Crippen molar-refractivity contribution in [1.82, 2.24) is 5.06 Å². The molecule has 96 valence electrons. The lowest BCUT2D eigenvalue weighted by atomic mass is 10.4. The third-order valence-corrected chi connectivity index (χ3v) is 3.36. The van der Waals surface area contributed by atoms with E-state index < -0.39 is 17.8 Å². The highest BCUT2D eigenvalue weighted by atomic mass is 32.2. The van der Waals surface area contributed by atoms with Crippen molar-refractivity contribution in [2.24, 2.45) is 0 Å². The molecule has 0 atom stereocenters. The van der Waals surface area contributed by atoms with Gasteiger partial charge in [-0.25, -0.2) is 4.79 Å². The summed E-state index contributed by atoms with van der Waals surface area (Å²) in [5.41, 5.74) is 0. The predicted molar refractivity (Wildman–Crippen MR) is 64.0 cm³/mol. The number of hydrogen-bond acceptors (Lipinski definition) is 5. The van der Waals surface area contributed by atoms with Crippen LogP contribution in [0, 0.1) is 0 Å². The highest BCUT2D eigenvalue weighted by Crippen LogP contribution is 2.13. The van der Waals surface area contributed by atoms with Gasteiger partial charge in [0.25, 0.3) is 11.8 Å². The average molecular weight is 259 g/mol. The molecule has 1 aliphatic rings. The van der Waals surface area contributed by atoms with Crippen LogP contribution in [-0.2, 0) is 19.2 Å². The van der Waals surface area contributed by atoms with E-state index in [9.17, 15) is 14.4 Å². The van der Waals surface area contributed by atoms with E-state index in [2.05, 4.69) is 6.92 Å². The van der Waals surface area contributed by atoms with Crippen LogP contribution in [0.2, 0.25) is 0 Å². The molecule has 0 N–H and O–H groups in total. The maximum absolute atomic E-state index is 11.3. The van der Waals surface area contributed by atoms with Crippen LogP contribution in [0.3, 0.4) is 0 Å². The second-order valence-corrected chi connectivity index (χ2v) is 4.99. The van der Waals surface area contributed by atoms with Gasteiger partial charge < -0.3 is 4.84 Å². The standard InChI is InChI=1S/C11H17NO4S/c1-2-3-7-17-8-6-11(15)16-12-9(13)4-5-10(12)14/h2-8H2,1H3. The Morgan fingerprint density at radius 1 is 1.29 bits per heavy atom. The van der Waals surface area contributed by atoms with E-state index in [4.69, 9.17) is 4.84 Å². The van der Waals surface area contributed by atoms with Gasteiger partial charge in [0.15, 0.2) is 0 Å². The predicted octanol–water partition coefficient (Wildman–Crippen LogP) is 1.52. The first-order valence-corrected chi connectivity index (χ1v) is 6.95. The summed E-state index contributed by atoms with van der Waals surface area (Å²) in [7, 11) is 0. The van der Waals surface area contributed by atoms with E-state index in [-0.39, 0.29) is 19.3 Å². The number of carbonyl (C=O) groups excluding carboxylic acids is 3. The van der Waals surface area contributed by atoms with Crippen molar-refractivity contribution < 1.29 is 19.2 Å². The maximum atomic E-state index is 11.3. The summed E-state index contributed by atoms with van der Waals surface area (Å²) >= 11 is 1.68. The Balaban J connectivity index is 2.16.